The molecule has 0 amide bonds. The summed E-state index contributed by atoms with van der Waals surface area (Å²) < 4.78 is 27.6. The lowest BCUT2D eigenvalue weighted by Gasteiger charge is -2.28. The summed E-state index contributed by atoms with van der Waals surface area (Å²) in [6.07, 6.45) is 1.50. The van der Waals surface area contributed by atoms with E-state index >= 15 is 0 Å². The predicted molar refractivity (Wildman–Crippen MR) is 78.4 cm³/mol. The number of nitrogens with two attached hydrogens (primary N) is 1. The fourth-order valence-electron chi connectivity index (χ4n) is 1.81. The third-order valence-electron chi connectivity index (χ3n) is 3.79. The second kappa shape index (κ2) is 6.03. The third kappa shape index (κ3) is 3.78. The van der Waals surface area contributed by atoms with E-state index in [1.807, 2.05) is 27.7 Å². The van der Waals surface area contributed by atoms with Gasteiger partial charge in [-0.3, -0.25) is 0 Å². The highest BCUT2D eigenvalue weighted by atomic mass is 32.2. The van der Waals surface area contributed by atoms with Crippen LogP contribution in [0.25, 0.3) is 0 Å². The zero-order valence-electron chi connectivity index (χ0n) is 12.2. The molecule has 108 valence electrons. The molecule has 0 fully saturated rings. The van der Waals surface area contributed by atoms with Gasteiger partial charge in [-0.1, -0.05) is 19.9 Å². The molecule has 0 aliphatic rings. The summed E-state index contributed by atoms with van der Waals surface area (Å²) in [5.41, 5.74) is 7.09. The van der Waals surface area contributed by atoms with Crippen LogP contribution in [0.2, 0.25) is 0 Å². The van der Waals surface area contributed by atoms with Crippen LogP contribution >= 0.6 is 0 Å². The Labute approximate surface area is 116 Å². The zero-order chi connectivity index (χ0) is 14.7. The van der Waals surface area contributed by atoms with Gasteiger partial charge in [0.15, 0.2) is 0 Å². The topological polar surface area (TPSA) is 72.2 Å². The molecule has 0 atom stereocenters. The number of hydrogen-bond donors (Lipinski definition) is 2. The molecule has 0 saturated carbocycles. The molecule has 3 N–H and O–H groups in total. The molecule has 19 heavy (non-hydrogen) atoms. The van der Waals surface area contributed by atoms with E-state index in [1.54, 1.807) is 18.2 Å². The molecular formula is C14H24N2O2S. The number of aryl methyl sites for hydroxylation is 1. The Morgan fingerprint density at radius 2 is 1.84 bits per heavy atom. The quantitative estimate of drug-likeness (QED) is 0.842. The summed E-state index contributed by atoms with van der Waals surface area (Å²) in [7, 11) is -3.50. The van der Waals surface area contributed by atoms with Gasteiger partial charge in [0.25, 0.3) is 0 Å². The fraction of sp³-hybridized carbons (Fsp3) is 0.571. The van der Waals surface area contributed by atoms with Crippen molar-refractivity contribution in [2.75, 3.05) is 0 Å². The van der Waals surface area contributed by atoms with Crippen LogP contribution in [0, 0.1) is 6.92 Å². The smallest absolute Gasteiger partial charge is 0.241 e. The van der Waals surface area contributed by atoms with Gasteiger partial charge in [-0.25, -0.2) is 13.1 Å². The summed E-state index contributed by atoms with van der Waals surface area (Å²) in [6, 6.07) is 5.08. The van der Waals surface area contributed by atoms with Crippen molar-refractivity contribution in [1.82, 2.24) is 4.72 Å². The van der Waals surface area contributed by atoms with E-state index < -0.39 is 15.6 Å². The van der Waals surface area contributed by atoms with Gasteiger partial charge in [-0.05, 0) is 49.9 Å². The average Bonchev–Trinajstić information content (AvgIpc) is 2.38. The highest BCUT2D eigenvalue weighted by Crippen LogP contribution is 2.20. The van der Waals surface area contributed by atoms with Gasteiger partial charge in [0.2, 0.25) is 10.0 Å². The molecule has 0 aliphatic carbocycles. The second-order valence-electron chi connectivity index (χ2n) is 5.17. The van der Waals surface area contributed by atoms with Crippen molar-refractivity contribution in [3.05, 3.63) is 29.3 Å². The number of hydrogen-bond acceptors (Lipinski definition) is 3. The van der Waals surface area contributed by atoms with Gasteiger partial charge in [-0.15, -0.1) is 0 Å². The van der Waals surface area contributed by atoms with Gasteiger partial charge in [-0.2, -0.15) is 0 Å². The number of nitrogens with one attached hydrogen (secondary N) is 1. The van der Waals surface area contributed by atoms with Gasteiger partial charge >= 0.3 is 0 Å². The molecule has 0 aliphatic heterocycles. The van der Waals surface area contributed by atoms with Crippen molar-refractivity contribution in [2.45, 2.75) is 57.5 Å². The molecule has 0 spiro atoms. The van der Waals surface area contributed by atoms with Crippen LogP contribution in [0.15, 0.2) is 23.1 Å². The molecule has 0 radical (unpaired) electrons. The number of rotatable bonds is 6. The van der Waals surface area contributed by atoms with E-state index in [1.165, 1.54) is 0 Å². The monoisotopic (exact) mass is 284 g/mol. The summed E-state index contributed by atoms with van der Waals surface area (Å²) in [6.45, 7) is 8.14. The lowest BCUT2D eigenvalue weighted by atomic mass is 9.98. The molecule has 5 heteroatoms. The van der Waals surface area contributed by atoms with Crippen LogP contribution in [0.3, 0.4) is 0 Å². The molecule has 1 aromatic rings. The van der Waals surface area contributed by atoms with Gasteiger partial charge in [0.05, 0.1) is 4.90 Å². The summed E-state index contributed by atoms with van der Waals surface area (Å²) in [5.74, 6) is 0. The average molecular weight is 284 g/mol. The first-order valence-corrected chi connectivity index (χ1v) is 8.10. The molecule has 1 aromatic carbocycles. The highest BCUT2D eigenvalue weighted by molar-refractivity contribution is 7.89. The third-order valence-corrected chi connectivity index (χ3v) is 5.43. The van der Waals surface area contributed by atoms with Crippen LogP contribution in [0.5, 0.6) is 0 Å². The molecule has 0 saturated heterocycles. The van der Waals surface area contributed by atoms with Crippen LogP contribution in [-0.4, -0.2) is 14.0 Å². The largest absolute Gasteiger partial charge is 0.326 e. The fourth-order valence-corrected chi connectivity index (χ4v) is 3.41. The van der Waals surface area contributed by atoms with Gasteiger partial charge < -0.3 is 5.73 Å². The summed E-state index contributed by atoms with van der Waals surface area (Å²) in [5, 5.41) is 0. The molecule has 1 rings (SSSR count). The molecule has 0 bridgehead atoms. The Balaban J connectivity index is 3.14. The Morgan fingerprint density at radius 3 is 2.32 bits per heavy atom. The summed E-state index contributed by atoms with van der Waals surface area (Å²) in [4.78, 5) is 0.284. The number of benzene rings is 1. The SMILES string of the molecule is CCC(C)(CC)NS(=O)(=O)c1ccc(C)c(CN)c1. The van der Waals surface area contributed by atoms with E-state index in [0.717, 1.165) is 24.0 Å². The highest BCUT2D eigenvalue weighted by Gasteiger charge is 2.27. The molecule has 0 aromatic heterocycles. The lowest BCUT2D eigenvalue weighted by molar-refractivity contribution is 0.388. The van der Waals surface area contributed by atoms with E-state index in [2.05, 4.69) is 4.72 Å². The van der Waals surface area contributed by atoms with E-state index in [0.29, 0.717) is 6.54 Å². The van der Waals surface area contributed by atoms with Crippen molar-refractivity contribution in [3.63, 3.8) is 0 Å². The maximum Gasteiger partial charge on any atom is 0.241 e. The van der Waals surface area contributed by atoms with Crippen LogP contribution < -0.4 is 10.5 Å². The Hall–Kier alpha value is -0.910. The van der Waals surface area contributed by atoms with E-state index in [4.69, 9.17) is 5.73 Å². The Kier molecular flexibility index (Phi) is 5.12. The Morgan fingerprint density at radius 1 is 1.26 bits per heavy atom. The maximum atomic E-state index is 12.4. The van der Waals surface area contributed by atoms with Crippen molar-refractivity contribution in [2.24, 2.45) is 5.73 Å². The van der Waals surface area contributed by atoms with Crippen molar-refractivity contribution in [1.29, 1.82) is 0 Å². The van der Waals surface area contributed by atoms with Gasteiger partial charge in [0, 0.05) is 12.1 Å². The minimum atomic E-state index is -3.50. The number of sulfonamides is 1. The first kappa shape index (κ1) is 16.1. The van der Waals surface area contributed by atoms with E-state index in [-0.39, 0.29) is 4.90 Å². The van der Waals surface area contributed by atoms with Crippen LogP contribution in [0.4, 0.5) is 0 Å². The predicted octanol–water partition coefficient (Wildman–Crippen LogP) is 2.31. The normalized spacial score (nSPS) is 12.7. The molecule has 0 heterocycles. The van der Waals surface area contributed by atoms with Crippen LogP contribution in [0.1, 0.15) is 44.7 Å². The first-order chi connectivity index (χ1) is 8.78. The standard InChI is InChI=1S/C14H24N2O2S/c1-5-14(4,6-2)16-19(17,18)13-8-7-11(3)12(9-13)10-15/h7-9,16H,5-6,10,15H2,1-4H3. The first-order valence-electron chi connectivity index (χ1n) is 6.61. The van der Waals surface area contributed by atoms with E-state index in [9.17, 15) is 8.42 Å². The van der Waals surface area contributed by atoms with Crippen LogP contribution in [-0.2, 0) is 16.6 Å². The lowest BCUT2D eigenvalue weighted by Crippen LogP contribution is -2.44. The van der Waals surface area contributed by atoms with Crippen molar-refractivity contribution < 1.29 is 8.42 Å². The molecular weight excluding hydrogens is 260 g/mol. The second-order valence-corrected chi connectivity index (χ2v) is 6.85. The summed E-state index contributed by atoms with van der Waals surface area (Å²) >= 11 is 0. The minimum absolute atomic E-state index is 0.284. The Bertz CT molecular complexity index is 534. The minimum Gasteiger partial charge on any atom is -0.326 e. The maximum absolute atomic E-state index is 12.4. The molecule has 0 unspecified atom stereocenters. The van der Waals surface area contributed by atoms with Gasteiger partial charge in [0.1, 0.15) is 0 Å². The zero-order valence-corrected chi connectivity index (χ0v) is 13.0. The molecule has 4 nitrogen and oxygen atoms in total. The van der Waals surface area contributed by atoms with Crippen molar-refractivity contribution >= 4 is 10.0 Å². The van der Waals surface area contributed by atoms with Crippen molar-refractivity contribution in [3.8, 4) is 0 Å².